The highest BCUT2D eigenvalue weighted by Crippen LogP contribution is 2.15. The first kappa shape index (κ1) is 12.6. The Morgan fingerprint density at radius 3 is 2.63 bits per heavy atom. The van der Waals surface area contributed by atoms with Gasteiger partial charge in [-0.2, -0.15) is 0 Å². The molecule has 0 saturated carbocycles. The number of nitrogens with one attached hydrogen (secondary N) is 2. The van der Waals surface area contributed by atoms with Gasteiger partial charge in [-0.1, -0.05) is 42.5 Å². The molecule has 2 N–H and O–H groups in total. The fourth-order valence-electron chi connectivity index (χ4n) is 2.84. The SMILES string of the molecule is c1ccc2cc(CCNC3CCNCC3)ccc2c1. The molecule has 2 aromatic carbocycles. The summed E-state index contributed by atoms with van der Waals surface area (Å²) in [6.07, 6.45) is 3.64. The van der Waals surface area contributed by atoms with Crippen molar-refractivity contribution in [2.45, 2.75) is 25.3 Å². The zero-order chi connectivity index (χ0) is 12.9. The van der Waals surface area contributed by atoms with Gasteiger partial charge in [-0.15, -0.1) is 0 Å². The standard InChI is InChI=1S/C17H22N2/c1-2-4-16-13-14(5-6-15(16)3-1)7-12-19-17-8-10-18-11-9-17/h1-6,13,17-19H,7-12H2. The summed E-state index contributed by atoms with van der Waals surface area (Å²) in [5.74, 6) is 0. The molecule has 1 aliphatic heterocycles. The molecule has 0 amide bonds. The monoisotopic (exact) mass is 254 g/mol. The van der Waals surface area contributed by atoms with Crippen LogP contribution in [-0.4, -0.2) is 25.7 Å². The second-order valence-corrected chi connectivity index (χ2v) is 5.41. The van der Waals surface area contributed by atoms with E-state index in [1.807, 2.05) is 0 Å². The molecule has 0 atom stereocenters. The van der Waals surface area contributed by atoms with Crippen LogP contribution in [0.25, 0.3) is 10.8 Å². The Morgan fingerprint density at radius 1 is 1.00 bits per heavy atom. The highest BCUT2D eigenvalue weighted by molar-refractivity contribution is 5.82. The van der Waals surface area contributed by atoms with Crippen molar-refractivity contribution in [2.75, 3.05) is 19.6 Å². The molecule has 100 valence electrons. The van der Waals surface area contributed by atoms with Gasteiger partial charge in [0, 0.05) is 6.04 Å². The maximum Gasteiger partial charge on any atom is 0.00913 e. The lowest BCUT2D eigenvalue weighted by atomic mass is 10.0. The first-order valence-corrected chi connectivity index (χ1v) is 7.33. The van der Waals surface area contributed by atoms with Gasteiger partial charge in [-0.25, -0.2) is 0 Å². The fourth-order valence-corrected chi connectivity index (χ4v) is 2.84. The molecule has 1 aliphatic rings. The predicted molar refractivity (Wildman–Crippen MR) is 81.5 cm³/mol. The van der Waals surface area contributed by atoms with Gasteiger partial charge < -0.3 is 10.6 Å². The summed E-state index contributed by atoms with van der Waals surface area (Å²) in [4.78, 5) is 0. The quantitative estimate of drug-likeness (QED) is 0.876. The van der Waals surface area contributed by atoms with Gasteiger partial charge in [-0.05, 0) is 55.2 Å². The van der Waals surface area contributed by atoms with Gasteiger partial charge in [0.15, 0.2) is 0 Å². The van der Waals surface area contributed by atoms with E-state index in [9.17, 15) is 0 Å². The minimum Gasteiger partial charge on any atom is -0.317 e. The van der Waals surface area contributed by atoms with Crippen molar-refractivity contribution < 1.29 is 0 Å². The molecule has 0 bridgehead atoms. The van der Waals surface area contributed by atoms with E-state index in [0.29, 0.717) is 6.04 Å². The highest BCUT2D eigenvalue weighted by Gasteiger charge is 2.11. The summed E-state index contributed by atoms with van der Waals surface area (Å²) >= 11 is 0. The van der Waals surface area contributed by atoms with Crippen LogP contribution < -0.4 is 10.6 Å². The van der Waals surface area contributed by atoms with Crippen LogP contribution in [-0.2, 0) is 6.42 Å². The van der Waals surface area contributed by atoms with E-state index in [4.69, 9.17) is 0 Å². The summed E-state index contributed by atoms with van der Waals surface area (Å²) in [5.41, 5.74) is 1.43. The zero-order valence-corrected chi connectivity index (χ0v) is 11.4. The molecule has 2 aromatic rings. The Kier molecular flexibility index (Phi) is 4.11. The first-order valence-electron chi connectivity index (χ1n) is 7.33. The molecule has 1 heterocycles. The van der Waals surface area contributed by atoms with Gasteiger partial charge >= 0.3 is 0 Å². The average Bonchev–Trinajstić information content (AvgIpc) is 2.48. The summed E-state index contributed by atoms with van der Waals surface area (Å²) in [6.45, 7) is 3.41. The Balaban J connectivity index is 1.56. The van der Waals surface area contributed by atoms with Crippen LogP contribution in [0.15, 0.2) is 42.5 Å². The van der Waals surface area contributed by atoms with E-state index in [2.05, 4.69) is 53.1 Å². The van der Waals surface area contributed by atoms with Crippen LogP contribution in [0.5, 0.6) is 0 Å². The van der Waals surface area contributed by atoms with Crippen molar-refractivity contribution in [2.24, 2.45) is 0 Å². The van der Waals surface area contributed by atoms with E-state index in [-0.39, 0.29) is 0 Å². The van der Waals surface area contributed by atoms with Crippen molar-refractivity contribution in [3.8, 4) is 0 Å². The molecular weight excluding hydrogens is 232 g/mol. The number of hydrogen-bond acceptors (Lipinski definition) is 2. The van der Waals surface area contributed by atoms with Crippen molar-refractivity contribution in [3.63, 3.8) is 0 Å². The molecule has 2 heteroatoms. The van der Waals surface area contributed by atoms with Crippen LogP contribution in [0, 0.1) is 0 Å². The minimum absolute atomic E-state index is 0.710. The third kappa shape index (κ3) is 3.34. The molecule has 1 fully saturated rings. The van der Waals surface area contributed by atoms with Gasteiger partial charge in [0.05, 0.1) is 0 Å². The topological polar surface area (TPSA) is 24.1 Å². The minimum atomic E-state index is 0.710. The van der Waals surface area contributed by atoms with Crippen LogP contribution in [0.3, 0.4) is 0 Å². The third-order valence-corrected chi connectivity index (χ3v) is 4.00. The molecule has 0 unspecified atom stereocenters. The van der Waals surface area contributed by atoms with Crippen LogP contribution in [0.4, 0.5) is 0 Å². The summed E-state index contributed by atoms with van der Waals surface area (Å²) in [6, 6.07) is 16.1. The molecule has 0 spiro atoms. The second kappa shape index (κ2) is 6.18. The fraction of sp³-hybridized carbons (Fsp3) is 0.412. The number of hydrogen-bond donors (Lipinski definition) is 2. The van der Waals surface area contributed by atoms with Crippen molar-refractivity contribution in [3.05, 3.63) is 48.0 Å². The molecule has 3 rings (SSSR count). The van der Waals surface area contributed by atoms with E-state index in [1.165, 1.54) is 29.2 Å². The Bertz CT molecular complexity index is 530. The van der Waals surface area contributed by atoms with Crippen LogP contribution in [0.2, 0.25) is 0 Å². The molecule has 0 aromatic heterocycles. The third-order valence-electron chi connectivity index (χ3n) is 4.00. The molecular formula is C17H22N2. The maximum absolute atomic E-state index is 3.68. The Labute approximate surface area is 115 Å². The first-order chi connectivity index (χ1) is 9.42. The lowest BCUT2D eigenvalue weighted by molar-refractivity contribution is 0.390. The maximum atomic E-state index is 3.68. The number of rotatable bonds is 4. The molecule has 19 heavy (non-hydrogen) atoms. The second-order valence-electron chi connectivity index (χ2n) is 5.41. The van der Waals surface area contributed by atoms with E-state index >= 15 is 0 Å². The summed E-state index contributed by atoms with van der Waals surface area (Å²) in [5, 5.41) is 9.76. The summed E-state index contributed by atoms with van der Waals surface area (Å²) in [7, 11) is 0. The van der Waals surface area contributed by atoms with Crippen LogP contribution >= 0.6 is 0 Å². The molecule has 0 radical (unpaired) electrons. The Morgan fingerprint density at radius 2 is 1.79 bits per heavy atom. The molecule has 2 nitrogen and oxygen atoms in total. The van der Waals surface area contributed by atoms with Gasteiger partial charge in [0.1, 0.15) is 0 Å². The van der Waals surface area contributed by atoms with Gasteiger partial charge in [0.2, 0.25) is 0 Å². The number of piperidine rings is 1. The number of benzene rings is 2. The largest absolute Gasteiger partial charge is 0.317 e. The smallest absolute Gasteiger partial charge is 0.00913 e. The summed E-state index contributed by atoms with van der Waals surface area (Å²) < 4.78 is 0. The Hall–Kier alpha value is -1.38. The highest BCUT2D eigenvalue weighted by atomic mass is 15.0. The predicted octanol–water partition coefficient (Wildman–Crippen LogP) is 2.72. The zero-order valence-electron chi connectivity index (χ0n) is 11.4. The van der Waals surface area contributed by atoms with Crippen molar-refractivity contribution in [1.82, 2.24) is 10.6 Å². The lowest BCUT2D eigenvalue weighted by Crippen LogP contribution is -2.40. The lowest BCUT2D eigenvalue weighted by Gasteiger charge is -2.23. The number of fused-ring (bicyclic) bond motifs is 1. The van der Waals surface area contributed by atoms with E-state index in [1.54, 1.807) is 0 Å². The van der Waals surface area contributed by atoms with Crippen molar-refractivity contribution in [1.29, 1.82) is 0 Å². The molecule has 0 aliphatic carbocycles. The van der Waals surface area contributed by atoms with E-state index in [0.717, 1.165) is 26.1 Å². The van der Waals surface area contributed by atoms with Crippen molar-refractivity contribution >= 4 is 10.8 Å². The van der Waals surface area contributed by atoms with Gasteiger partial charge in [-0.3, -0.25) is 0 Å². The van der Waals surface area contributed by atoms with Gasteiger partial charge in [0.25, 0.3) is 0 Å². The van der Waals surface area contributed by atoms with Crippen LogP contribution in [0.1, 0.15) is 18.4 Å². The molecule has 1 saturated heterocycles. The normalized spacial score (nSPS) is 16.8. The average molecular weight is 254 g/mol. The van der Waals surface area contributed by atoms with E-state index < -0.39 is 0 Å².